The minimum atomic E-state index is 0.500. The summed E-state index contributed by atoms with van der Waals surface area (Å²) in [5.74, 6) is 1.01. The van der Waals surface area contributed by atoms with Gasteiger partial charge in [0.2, 0.25) is 0 Å². The van der Waals surface area contributed by atoms with Crippen molar-refractivity contribution >= 4 is 11.6 Å². The molecule has 0 amide bonds. The lowest BCUT2D eigenvalue weighted by Gasteiger charge is -2.33. The van der Waals surface area contributed by atoms with Gasteiger partial charge in [0.15, 0.2) is 5.96 Å². The van der Waals surface area contributed by atoms with Gasteiger partial charge in [0, 0.05) is 45.0 Å². The number of rotatable bonds is 5. The number of hydrogen-bond acceptors (Lipinski definition) is 3. The van der Waals surface area contributed by atoms with Gasteiger partial charge in [-0.15, -0.1) is 0 Å². The Morgan fingerprint density at radius 2 is 1.78 bits per heavy atom. The van der Waals surface area contributed by atoms with Gasteiger partial charge < -0.3 is 20.9 Å². The molecule has 1 saturated heterocycles. The minimum absolute atomic E-state index is 0.500. The number of anilines is 1. The highest BCUT2D eigenvalue weighted by Gasteiger charge is 2.15. The molecule has 1 atom stereocenters. The summed E-state index contributed by atoms with van der Waals surface area (Å²) in [7, 11) is 2.18. The van der Waals surface area contributed by atoms with E-state index in [1.807, 2.05) is 0 Å². The Kier molecular flexibility index (Phi) is 6.42. The molecular formula is C18H31N5. The topological polar surface area (TPSA) is 56.9 Å². The Hall–Kier alpha value is -1.59. The van der Waals surface area contributed by atoms with Crippen LogP contribution in [-0.4, -0.2) is 62.1 Å². The SMILES string of the molecule is Cc1cc(C)cc(NC(N)=NCC(C)CN2CCN(C)CC2)c1. The average Bonchev–Trinajstić information content (AvgIpc) is 2.46. The van der Waals surface area contributed by atoms with Crippen LogP contribution < -0.4 is 11.1 Å². The molecule has 128 valence electrons. The predicted molar refractivity (Wildman–Crippen MR) is 99.1 cm³/mol. The van der Waals surface area contributed by atoms with Crippen molar-refractivity contribution in [2.75, 3.05) is 51.6 Å². The van der Waals surface area contributed by atoms with Gasteiger partial charge in [-0.05, 0) is 50.1 Å². The number of hydrogen-bond donors (Lipinski definition) is 2. The van der Waals surface area contributed by atoms with E-state index < -0.39 is 0 Å². The number of piperazine rings is 1. The number of aryl methyl sites for hydroxylation is 2. The smallest absolute Gasteiger partial charge is 0.193 e. The lowest BCUT2D eigenvalue weighted by molar-refractivity contribution is 0.140. The van der Waals surface area contributed by atoms with Gasteiger partial charge in [0.05, 0.1) is 0 Å². The van der Waals surface area contributed by atoms with E-state index in [9.17, 15) is 0 Å². The maximum absolute atomic E-state index is 6.02. The first-order valence-corrected chi connectivity index (χ1v) is 8.48. The third-order valence-corrected chi connectivity index (χ3v) is 4.23. The highest BCUT2D eigenvalue weighted by atomic mass is 15.2. The number of nitrogens with two attached hydrogens (primary N) is 1. The number of nitrogens with one attached hydrogen (secondary N) is 1. The fraction of sp³-hybridized carbons (Fsp3) is 0.611. The quantitative estimate of drug-likeness (QED) is 0.643. The van der Waals surface area contributed by atoms with Crippen LogP contribution in [0.4, 0.5) is 5.69 Å². The molecule has 1 aliphatic heterocycles. The van der Waals surface area contributed by atoms with Crippen molar-refractivity contribution in [3.8, 4) is 0 Å². The maximum atomic E-state index is 6.02. The average molecular weight is 317 g/mol. The minimum Gasteiger partial charge on any atom is -0.370 e. The van der Waals surface area contributed by atoms with Crippen LogP contribution in [-0.2, 0) is 0 Å². The van der Waals surface area contributed by atoms with Crippen LogP contribution in [0.15, 0.2) is 23.2 Å². The van der Waals surface area contributed by atoms with Crippen LogP contribution in [0.2, 0.25) is 0 Å². The summed E-state index contributed by atoms with van der Waals surface area (Å²) >= 11 is 0. The predicted octanol–water partition coefficient (Wildman–Crippen LogP) is 1.91. The molecule has 23 heavy (non-hydrogen) atoms. The summed E-state index contributed by atoms with van der Waals surface area (Å²) in [5.41, 5.74) is 9.49. The third-order valence-electron chi connectivity index (χ3n) is 4.23. The monoisotopic (exact) mass is 317 g/mol. The second kappa shape index (κ2) is 8.31. The lowest BCUT2D eigenvalue weighted by Crippen LogP contribution is -2.46. The zero-order valence-electron chi connectivity index (χ0n) is 15.0. The van der Waals surface area contributed by atoms with E-state index in [2.05, 4.69) is 66.1 Å². The molecule has 2 rings (SSSR count). The second-order valence-electron chi connectivity index (χ2n) is 6.94. The maximum Gasteiger partial charge on any atom is 0.193 e. The number of nitrogens with zero attached hydrogens (tertiary/aromatic N) is 3. The van der Waals surface area contributed by atoms with Crippen molar-refractivity contribution in [3.63, 3.8) is 0 Å². The van der Waals surface area contributed by atoms with Crippen LogP contribution in [0, 0.1) is 19.8 Å². The van der Waals surface area contributed by atoms with Crippen LogP contribution in [0.5, 0.6) is 0 Å². The van der Waals surface area contributed by atoms with Crippen molar-refractivity contribution in [1.82, 2.24) is 9.80 Å². The molecule has 0 saturated carbocycles. The van der Waals surface area contributed by atoms with E-state index in [1.54, 1.807) is 0 Å². The molecule has 0 bridgehead atoms. The molecule has 0 spiro atoms. The standard InChI is InChI=1S/C18H31N5/c1-14-9-15(2)11-17(10-14)21-18(19)20-12-16(3)13-23-7-5-22(4)6-8-23/h9-11,16H,5-8,12-13H2,1-4H3,(H3,19,20,21). The van der Waals surface area contributed by atoms with E-state index in [-0.39, 0.29) is 0 Å². The highest BCUT2D eigenvalue weighted by molar-refractivity contribution is 5.92. The van der Waals surface area contributed by atoms with Gasteiger partial charge in [-0.3, -0.25) is 4.99 Å². The summed E-state index contributed by atoms with van der Waals surface area (Å²) in [6, 6.07) is 6.32. The van der Waals surface area contributed by atoms with Gasteiger partial charge in [-0.1, -0.05) is 13.0 Å². The third kappa shape index (κ3) is 6.20. The molecule has 1 aromatic rings. The van der Waals surface area contributed by atoms with E-state index >= 15 is 0 Å². The zero-order valence-corrected chi connectivity index (χ0v) is 15.0. The molecule has 1 unspecified atom stereocenters. The summed E-state index contributed by atoms with van der Waals surface area (Å²) in [6.07, 6.45) is 0. The van der Waals surface area contributed by atoms with Gasteiger partial charge in [-0.2, -0.15) is 0 Å². The van der Waals surface area contributed by atoms with E-state index in [0.29, 0.717) is 11.9 Å². The Bertz CT molecular complexity index is 512. The van der Waals surface area contributed by atoms with E-state index in [0.717, 1.165) is 45.0 Å². The highest BCUT2D eigenvalue weighted by Crippen LogP contribution is 2.13. The first-order valence-electron chi connectivity index (χ1n) is 8.48. The Labute approximate surface area is 140 Å². The van der Waals surface area contributed by atoms with Gasteiger partial charge >= 0.3 is 0 Å². The largest absolute Gasteiger partial charge is 0.370 e. The van der Waals surface area contributed by atoms with Crippen molar-refractivity contribution in [3.05, 3.63) is 29.3 Å². The number of aliphatic imine (C=N–C) groups is 1. The van der Waals surface area contributed by atoms with E-state index in [1.165, 1.54) is 11.1 Å². The molecule has 5 nitrogen and oxygen atoms in total. The van der Waals surface area contributed by atoms with Crippen LogP contribution in [0.1, 0.15) is 18.1 Å². The fourth-order valence-corrected chi connectivity index (χ4v) is 3.02. The van der Waals surface area contributed by atoms with Crippen LogP contribution in [0.25, 0.3) is 0 Å². The molecule has 1 heterocycles. The Balaban J connectivity index is 1.79. The fourth-order valence-electron chi connectivity index (χ4n) is 3.02. The van der Waals surface area contributed by atoms with Crippen LogP contribution in [0.3, 0.4) is 0 Å². The van der Waals surface area contributed by atoms with Crippen molar-refractivity contribution < 1.29 is 0 Å². The molecular weight excluding hydrogens is 286 g/mol. The molecule has 1 fully saturated rings. The molecule has 5 heteroatoms. The van der Waals surface area contributed by atoms with Gasteiger partial charge in [0.25, 0.3) is 0 Å². The van der Waals surface area contributed by atoms with Gasteiger partial charge in [0.1, 0.15) is 0 Å². The number of guanidine groups is 1. The summed E-state index contributed by atoms with van der Waals surface area (Å²) in [6.45, 7) is 12.9. The van der Waals surface area contributed by atoms with Crippen molar-refractivity contribution in [2.24, 2.45) is 16.6 Å². The zero-order chi connectivity index (χ0) is 16.8. The molecule has 1 aliphatic rings. The molecule has 0 aromatic heterocycles. The molecule has 0 radical (unpaired) electrons. The molecule has 0 aliphatic carbocycles. The molecule has 3 N–H and O–H groups in total. The van der Waals surface area contributed by atoms with E-state index in [4.69, 9.17) is 5.73 Å². The number of likely N-dealkylation sites (N-methyl/N-ethyl adjacent to an activating group) is 1. The van der Waals surface area contributed by atoms with Crippen molar-refractivity contribution in [2.45, 2.75) is 20.8 Å². The normalized spacial score (nSPS) is 18.9. The Morgan fingerprint density at radius 1 is 1.17 bits per heavy atom. The first-order chi connectivity index (χ1) is 10.9. The van der Waals surface area contributed by atoms with Crippen LogP contribution >= 0.6 is 0 Å². The summed E-state index contributed by atoms with van der Waals surface area (Å²) in [5, 5.41) is 3.20. The Morgan fingerprint density at radius 3 is 2.39 bits per heavy atom. The second-order valence-corrected chi connectivity index (χ2v) is 6.94. The summed E-state index contributed by atoms with van der Waals surface area (Å²) < 4.78 is 0. The molecule has 1 aromatic carbocycles. The first kappa shape index (κ1) is 17.8. The lowest BCUT2D eigenvalue weighted by atomic mass is 10.1. The van der Waals surface area contributed by atoms with Gasteiger partial charge in [-0.25, -0.2) is 0 Å². The van der Waals surface area contributed by atoms with Crippen molar-refractivity contribution in [1.29, 1.82) is 0 Å². The number of benzene rings is 1. The summed E-state index contributed by atoms with van der Waals surface area (Å²) in [4.78, 5) is 9.41.